The summed E-state index contributed by atoms with van der Waals surface area (Å²) in [6, 6.07) is 9.40. The van der Waals surface area contributed by atoms with Crippen molar-refractivity contribution in [2.75, 3.05) is 0 Å². The van der Waals surface area contributed by atoms with Gasteiger partial charge >= 0.3 is 0 Å². The Morgan fingerprint density at radius 1 is 1.23 bits per heavy atom. The average molecular weight is 346 g/mol. The van der Waals surface area contributed by atoms with Gasteiger partial charge in [0.1, 0.15) is 0 Å². The van der Waals surface area contributed by atoms with Crippen molar-refractivity contribution >= 4 is 11.7 Å². The van der Waals surface area contributed by atoms with E-state index in [-0.39, 0.29) is 11.7 Å². The number of carbonyl (C=O) groups is 1. The van der Waals surface area contributed by atoms with Gasteiger partial charge in [-0.2, -0.15) is 0 Å². The third-order valence-corrected chi connectivity index (χ3v) is 4.24. The first kappa shape index (κ1) is 17.4. The van der Waals surface area contributed by atoms with Crippen molar-refractivity contribution in [3.8, 4) is 11.3 Å². The molecule has 6 heteroatoms. The van der Waals surface area contributed by atoms with Crippen LogP contribution in [0.4, 0.5) is 5.82 Å². The Morgan fingerprint density at radius 2 is 2.00 bits per heavy atom. The summed E-state index contributed by atoms with van der Waals surface area (Å²) in [6.07, 6.45) is 6.24. The number of hydrogen-bond acceptors (Lipinski definition) is 4. The predicted octanol–water partition coefficient (Wildman–Crippen LogP) is 3.88. The first-order valence-electron chi connectivity index (χ1n) is 8.10. The molecule has 26 heavy (non-hydrogen) atoms. The molecule has 0 fully saturated rings. The van der Waals surface area contributed by atoms with Crippen LogP contribution in [0.3, 0.4) is 0 Å². The molecular weight excluding hydrogens is 328 g/mol. The maximum atomic E-state index is 12.6. The van der Waals surface area contributed by atoms with Crippen LogP contribution in [0, 0.1) is 6.57 Å². The molecule has 0 radical (unpaired) electrons. The number of nitrogens with one attached hydrogen (secondary N) is 1. The summed E-state index contributed by atoms with van der Waals surface area (Å²) in [4.78, 5) is 24.2. The smallest absolute Gasteiger partial charge is 0.288 e. The van der Waals surface area contributed by atoms with Crippen LogP contribution in [0.1, 0.15) is 25.0 Å². The summed E-state index contributed by atoms with van der Waals surface area (Å²) in [5.74, 6) is 0.187. The zero-order valence-corrected chi connectivity index (χ0v) is 14.6. The highest BCUT2D eigenvalue weighted by molar-refractivity contribution is 5.87. The Morgan fingerprint density at radius 3 is 2.65 bits per heavy atom. The predicted molar refractivity (Wildman–Crippen MR) is 97.3 cm³/mol. The minimum atomic E-state index is -0.688. The number of carbonyl (C=O) groups excluding carboxylic acids is 1. The molecule has 1 N–H and O–H groups in total. The molecule has 0 spiro atoms. The highest BCUT2D eigenvalue weighted by Gasteiger charge is 2.29. The molecular formula is C20H18N4O2. The molecule has 0 aliphatic carbocycles. The van der Waals surface area contributed by atoms with E-state index in [1.165, 1.54) is 6.20 Å². The molecule has 1 aromatic carbocycles. The molecule has 130 valence electrons. The first-order chi connectivity index (χ1) is 12.5. The molecule has 0 aliphatic heterocycles. The number of aromatic nitrogens is 2. The second-order valence-electron chi connectivity index (χ2n) is 6.39. The number of rotatable bonds is 5. The zero-order chi connectivity index (χ0) is 18.6. The van der Waals surface area contributed by atoms with E-state index >= 15 is 0 Å². The molecule has 2 aromatic heterocycles. The second kappa shape index (κ2) is 7.19. The Bertz CT molecular complexity index is 939. The number of furan rings is 1. The van der Waals surface area contributed by atoms with Crippen LogP contribution in [0.25, 0.3) is 16.1 Å². The van der Waals surface area contributed by atoms with Gasteiger partial charge in [-0.05, 0) is 25.5 Å². The lowest BCUT2D eigenvalue weighted by atomic mass is 9.83. The summed E-state index contributed by atoms with van der Waals surface area (Å²) in [5, 5.41) is 2.93. The van der Waals surface area contributed by atoms with Gasteiger partial charge < -0.3 is 14.6 Å². The van der Waals surface area contributed by atoms with Crippen LogP contribution in [0.15, 0.2) is 59.7 Å². The van der Waals surface area contributed by atoms with E-state index in [1.54, 1.807) is 18.7 Å². The van der Waals surface area contributed by atoms with Gasteiger partial charge in [0, 0.05) is 17.7 Å². The van der Waals surface area contributed by atoms with Gasteiger partial charge in [0.05, 0.1) is 30.3 Å². The van der Waals surface area contributed by atoms with Crippen LogP contribution in [0.5, 0.6) is 0 Å². The largest absolute Gasteiger partial charge is 0.472 e. The average Bonchev–Trinajstić information content (AvgIpc) is 3.19. The molecule has 3 rings (SSSR count). The van der Waals surface area contributed by atoms with E-state index in [0.717, 1.165) is 16.7 Å². The van der Waals surface area contributed by atoms with E-state index in [2.05, 4.69) is 20.1 Å². The molecule has 0 atom stereocenters. The molecule has 0 saturated carbocycles. The molecule has 3 aromatic rings. The molecule has 0 aliphatic rings. The fraction of sp³-hybridized carbons (Fsp3) is 0.200. The molecule has 0 unspecified atom stereocenters. The second-order valence-corrected chi connectivity index (χ2v) is 6.39. The number of benzene rings is 1. The lowest BCUT2D eigenvalue weighted by Gasteiger charge is -2.24. The van der Waals surface area contributed by atoms with Crippen molar-refractivity contribution in [2.45, 2.75) is 25.8 Å². The summed E-state index contributed by atoms with van der Waals surface area (Å²) < 4.78 is 5.01. The highest BCUT2D eigenvalue weighted by Crippen LogP contribution is 2.27. The van der Waals surface area contributed by atoms with Crippen molar-refractivity contribution in [3.05, 3.63) is 77.8 Å². The van der Waals surface area contributed by atoms with Gasteiger partial charge in [-0.3, -0.25) is 9.78 Å². The van der Waals surface area contributed by atoms with Gasteiger partial charge in [-0.25, -0.2) is 0 Å². The number of amides is 1. The van der Waals surface area contributed by atoms with Gasteiger partial charge in [0.2, 0.25) is 5.91 Å². The van der Waals surface area contributed by atoms with Crippen molar-refractivity contribution < 1.29 is 9.21 Å². The van der Waals surface area contributed by atoms with E-state index in [4.69, 9.17) is 11.0 Å². The van der Waals surface area contributed by atoms with Crippen molar-refractivity contribution in [1.29, 1.82) is 0 Å². The van der Waals surface area contributed by atoms with Crippen molar-refractivity contribution in [2.24, 2.45) is 0 Å². The minimum Gasteiger partial charge on any atom is -0.472 e. The van der Waals surface area contributed by atoms with E-state index < -0.39 is 5.41 Å². The summed E-state index contributed by atoms with van der Waals surface area (Å²) in [6.45, 7) is 11.2. The van der Waals surface area contributed by atoms with Gasteiger partial charge in [-0.1, -0.05) is 30.8 Å². The minimum absolute atomic E-state index is 0.0683. The van der Waals surface area contributed by atoms with Crippen molar-refractivity contribution in [3.63, 3.8) is 0 Å². The summed E-state index contributed by atoms with van der Waals surface area (Å²) >= 11 is 0. The van der Waals surface area contributed by atoms with Crippen LogP contribution < -0.4 is 5.32 Å². The quantitative estimate of drug-likeness (QED) is 0.712. The monoisotopic (exact) mass is 346 g/mol. The zero-order valence-electron chi connectivity index (χ0n) is 14.6. The third kappa shape index (κ3) is 3.62. The standard InChI is InChI=1S/C20H18N4O2/c1-20(2,19(25)23-10-14-8-9-26-13-14)16-6-4-15(5-7-16)17-11-22-12-18(21-3)24-17/h4-9,11-13H,10H2,1-2H3,(H,23,25). The number of nitrogens with zero attached hydrogens (tertiary/aromatic N) is 3. The van der Waals surface area contributed by atoms with E-state index in [1.807, 2.05) is 44.2 Å². The van der Waals surface area contributed by atoms with Crippen molar-refractivity contribution in [1.82, 2.24) is 15.3 Å². The van der Waals surface area contributed by atoms with Gasteiger partial charge in [0.25, 0.3) is 5.82 Å². The SMILES string of the molecule is [C-]#[N+]c1cncc(-c2ccc(C(C)(C)C(=O)NCc3ccoc3)cc2)n1. The fourth-order valence-corrected chi connectivity index (χ4v) is 2.53. The van der Waals surface area contributed by atoms with Crippen LogP contribution in [-0.4, -0.2) is 15.9 Å². The third-order valence-electron chi connectivity index (χ3n) is 4.24. The maximum absolute atomic E-state index is 12.6. The van der Waals surface area contributed by atoms with Crippen LogP contribution in [0.2, 0.25) is 0 Å². The topological polar surface area (TPSA) is 72.4 Å². The lowest BCUT2D eigenvalue weighted by molar-refractivity contribution is -0.125. The molecule has 2 heterocycles. The summed E-state index contributed by atoms with van der Waals surface area (Å²) in [5.41, 5.74) is 2.60. The highest BCUT2D eigenvalue weighted by atomic mass is 16.3. The maximum Gasteiger partial charge on any atom is 0.288 e. The Kier molecular flexibility index (Phi) is 4.81. The van der Waals surface area contributed by atoms with Gasteiger partial charge in [0.15, 0.2) is 5.69 Å². The van der Waals surface area contributed by atoms with Crippen LogP contribution in [-0.2, 0) is 16.8 Å². The van der Waals surface area contributed by atoms with E-state index in [0.29, 0.717) is 12.2 Å². The summed E-state index contributed by atoms with van der Waals surface area (Å²) in [7, 11) is 0. The Hall–Kier alpha value is -3.46. The molecule has 0 saturated heterocycles. The normalized spacial score (nSPS) is 11.0. The molecule has 1 amide bonds. The molecule has 6 nitrogen and oxygen atoms in total. The lowest BCUT2D eigenvalue weighted by Crippen LogP contribution is -2.39. The van der Waals surface area contributed by atoms with Gasteiger partial charge in [-0.15, -0.1) is 4.98 Å². The Balaban J connectivity index is 1.75. The fourth-order valence-electron chi connectivity index (χ4n) is 2.53. The Labute approximate surface area is 151 Å². The van der Waals surface area contributed by atoms with E-state index in [9.17, 15) is 4.79 Å². The first-order valence-corrected chi connectivity index (χ1v) is 8.10. The molecule has 0 bridgehead atoms. The number of hydrogen-bond donors (Lipinski definition) is 1. The van der Waals surface area contributed by atoms with Crippen LogP contribution >= 0.6 is 0 Å².